The number of hydrogen-bond donors (Lipinski definition) is 3. The van der Waals surface area contributed by atoms with Crippen molar-refractivity contribution in [1.29, 1.82) is 0 Å². The van der Waals surface area contributed by atoms with Gasteiger partial charge in [0.2, 0.25) is 23.6 Å². The molecule has 0 bridgehead atoms. The average Bonchev–Trinajstić information content (AvgIpc) is 3.85. The van der Waals surface area contributed by atoms with E-state index in [2.05, 4.69) is 35.3 Å². The molecule has 3 aromatic carbocycles. The van der Waals surface area contributed by atoms with Crippen LogP contribution in [0.15, 0.2) is 85.1 Å². The second kappa shape index (κ2) is 20.5. The molecule has 1 saturated carbocycles. The van der Waals surface area contributed by atoms with Crippen LogP contribution in [-0.2, 0) is 31.1 Å². The standard InChI is InChI=1S/C54H52ClF2N7O8S/c1-31-7-10-44(62-52(69)53(17-18-53)35-8-9-42-43(27-35)72-54(56,57)71-42)61-48(31)33-5-3-6-34(26-33)51(68)60-21-14-45(65)59-19-4-22-63-23-15-37(16-24-63)70-49-32(2)25-36(55)28-40(49)39-13-20-58-41-29-38(73-50(39)41)30-64-46(66)11-12-47(64)67/h3,5-10,13,20,25-29,37H,4,11-12,14-19,21-24,30H2,1-2H3,(H,59,65)(H,60,68)(H,61,62,69). The number of nitrogens with zero attached hydrogens (tertiary/aromatic N) is 4. The number of carbonyl (C=O) groups excluding carboxylic acids is 5. The highest BCUT2D eigenvalue weighted by atomic mass is 35.5. The van der Waals surface area contributed by atoms with Gasteiger partial charge in [-0.2, -0.15) is 0 Å². The summed E-state index contributed by atoms with van der Waals surface area (Å²) in [6, 6.07) is 22.6. The maximum absolute atomic E-state index is 13.6. The first-order valence-electron chi connectivity index (χ1n) is 24.4. The smallest absolute Gasteiger partial charge is 0.489 e. The van der Waals surface area contributed by atoms with Crippen LogP contribution in [0, 0.1) is 13.8 Å². The number of anilines is 1. The van der Waals surface area contributed by atoms with E-state index in [1.807, 2.05) is 50.2 Å². The molecule has 0 radical (unpaired) electrons. The molecule has 19 heteroatoms. The number of likely N-dealkylation sites (tertiary alicyclic amines) is 2. The number of nitrogens with one attached hydrogen (secondary N) is 3. The Balaban J connectivity index is 0.662. The number of benzene rings is 3. The monoisotopic (exact) mass is 1030 g/mol. The topological polar surface area (TPSA) is 181 Å². The van der Waals surface area contributed by atoms with Gasteiger partial charge in [0, 0.05) is 83.8 Å². The normalized spacial score (nSPS) is 17.0. The van der Waals surface area contributed by atoms with Gasteiger partial charge in [0.1, 0.15) is 17.7 Å². The van der Waals surface area contributed by atoms with Gasteiger partial charge >= 0.3 is 6.29 Å². The molecule has 3 fully saturated rings. The molecule has 3 aliphatic heterocycles. The second-order valence-electron chi connectivity index (χ2n) is 18.9. The van der Waals surface area contributed by atoms with Crippen molar-refractivity contribution in [2.24, 2.45) is 0 Å². The summed E-state index contributed by atoms with van der Waals surface area (Å²) in [5.74, 6) is -0.275. The van der Waals surface area contributed by atoms with Crippen molar-refractivity contribution in [1.82, 2.24) is 30.4 Å². The van der Waals surface area contributed by atoms with E-state index in [0.29, 0.717) is 52.6 Å². The number of aryl methyl sites for hydroxylation is 2. The van der Waals surface area contributed by atoms with Gasteiger partial charge < -0.3 is 35.1 Å². The average molecular weight is 1030 g/mol. The molecule has 73 heavy (non-hydrogen) atoms. The molecule has 6 aromatic rings. The number of pyridine rings is 2. The molecule has 2 saturated heterocycles. The first kappa shape index (κ1) is 49.6. The Morgan fingerprint density at radius 2 is 1.66 bits per heavy atom. The van der Waals surface area contributed by atoms with E-state index in [-0.39, 0.29) is 79.5 Å². The first-order chi connectivity index (χ1) is 35.1. The SMILES string of the molecule is Cc1ccc(NC(=O)C2(c3ccc4c(c3)OC(F)(F)O4)CC2)nc1-c1cccc(C(=O)NCCC(=O)NCCCN2CCC(Oc3c(C)cc(Cl)cc3-c3ccnc4cc(CN5C(=O)CCC5=O)sc34)CC2)c1. The minimum atomic E-state index is -3.76. The molecule has 5 amide bonds. The predicted molar refractivity (Wildman–Crippen MR) is 271 cm³/mol. The number of fused-ring (bicyclic) bond motifs is 2. The number of imide groups is 1. The summed E-state index contributed by atoms with van der Waals surface area (Å²) < 4.78 is 44.1. The van der Waals surface area contributed by atoms with Crippen molar-refractivity contribution < 1.29 is 47.0 Å². The van der Waals surface area contributed by atoms with E-state index >= 15 is 0 Å². The fourth-order valence-corrected chi connectivity index (χ4v) is 11.1. The predicted octanol–water partition coefficient (Wildman–Crippen LogP) is 9.11. The summed E-state index contributed by atoms with van der Waals surface area (Å²) >= 11 is 8.14. The number of alkyl halides is 2. The minimum Gasteiger partial charge on any atom is -0.489 e. The maximum atomic E-state index is 13.6. The third kappa shape index (κ3) is 10.9. The van der Waals surface area contributed by atoms with E-state index in [1.54, 1.807) is 36.5 Å². The summed E-state index contributed by atoms with van der Waals surface area (Å²) in [5, 5.41) is 9.30. The van der Waals surface area contributed by atoms with Crippen LogP contribution in [-0.4, -0.2) is 94.4 Å². The number of amides is 5. The van der Waals surface area contributed by atoms with Gasteiger partial charge in [-0.3, -0.25) is 33.9 Å². The third-order valence-corrected chi connectivity index (χ3v) is 15.1. The summed E-state index contributed by atoms with van der Waals surface area (Å²) in [5.41, 5.74) is 5.54. The van der Waals surface area contributed by atoms with Gasteiger partial charge in [-0.05, 0) is 124 Å². The van der Waals surface area contributed by atoms with Crippen LogP contribution in [0.3, 0.4) is 0 Å². The van der Waals surface area contributed by atoms with Crippen LogP contribution in [0.25, 0.3) is 32.6 Å². The van der Waals surface area contributed by atoms with Gasteiger partial charge in [0.25, 0.3) is 5.91 Å². The van der Waals surface area contributed by atoms with Crippen molar-refractivity contribution in [2.75, 3.05) is 38.0 Å². The van der Waals surface area contributed by atoms with Crippen LogP contribution >= 0.6 is 22.9 Å². The summed E-state index contributed by atoms with van der Waals surface area (Å²) in [4.78, 5) is 78.1. The maximum Gasteiger partial charge on any atom is 0.586 e. The van der Waals surface area contributed by atoms with Crippen LogP contribution in [0.5, 0.6) is 17.2 Å². The van der Waals surface area contributed by atoms with Crippen molar-refractivity contribution in [3.05, 3.63) is 117 Å². The van der Waals surface area contributed by atoms with E-state index in [9.17, 15) is 32.8 Å². The number of aromatic nitrogens is 2. The van der Waals surface area contributed by atoms with Crippen LogP contribution in [0.4, 0.5) is 14.6 Å². The molecule has 10 rings (SSSR count). The molecule has 4 aliphatic rings. The van der Waals surface area contributed by atoms with Gasteiger partial charge in [-0.25, -0.2) is 4.98 Å². The summed E-state index contributed by atoms with van der Waals surface area (Å²) in [6.07, 6.45) is 2.05. The molecule has 6 heterocycles. The molecule has 3 N–H and O–H groups in total. The number of carbonyl (C=O) groups is 5. The number of halogens is 3. The van der Waals surface area contributed by atoms with Crippen LogP contribution in [0.2, 0.25) is 5.02 Å². The van der Waals surface area contributed by atoms with Gasteiger partial charge in [-0.1, -0.05) is 35.9 Å². The summed E-state index contributed by atoms with van der Waals surface area (Å²) in [7, 11) is 0. The van der Waals surface area contributed by atoms with Gasteiger partial charge in [0.15, 0.2) is 11.5 Å². The second-order valence-corrected chi connectivity index (χ2v) is 20.5. The Kier molecular flexibility index (Phi) is 13.9. The van der Waals surface area contributed by atoms with Crippen molar-refractivity contribution >= 4 is 68.5 Å². The lowest BCUT2D eigenvalue weighted by atomic mass is 9.94. The third-order valence-electron chi connectivity index (χ3n) is 13.8. The number of hydrogen-bond acceptors (Lipinski definition) is 12. The van der Waals surface area contributed by atoms with E-state index in [4.69, 9.17) is 21.3 Å². The van der Waals surface area contributed by atoms with Gasteiger partial charge in [0.05, 0.1) is 27.9 Å². The van der Waals surface area contributed by atoms with Crippen molar-refractivity contribution in [3.63, 3.8) is 0 Å². The zero-order chi connectivity index (χ0) is 51.0. The summed E-state index contributed by atoms with van der Waals surface area (Å²) in [6.45, 7) is 7.24. The number of piperidine rings is 1. The van der Waals surface area contributed by atoms with Gasteiger partial charge in [-0.15, -0.1) is 20.1 Å². The lowest BCUT2D eigenvalue weighted by Crippen LogP contribution is -2.39. The highest BCUT2D eigenvalue weighted by molar-refractivity contribution is 7.19. The van der Waals surface area contributed by atoms with Crippen LogP contribution < -0.4 is 30.2 Å². The lowest BCUT2D eigenvalue weighted by Gasteiger charge is -2.33. The number of ether oxygens (including phenoxy) is 3. The highest BCUT2D eigenvalue weighted by Gasteiger charge is 2.53. The quantitative estimate of drug-likeness (QED) is 0.0586. The number of thiophene rings is 1. The Morgan fingerprint density at radius 1 is 0.877 bits per heavy atom. The molecule has 1 aliphatic carbocycles. The molecule has 378 valence electrons. The fraction of sp³-hybridized carbons (Fsp3) is 0.352. The highest BCUT2D eigenvalue weighted by Crippen LogP contribution is 2.52. The van der Waals surface area contributed by atoms with Crippen molar-refractivity contribution in [3.8, 4) is 39.6 Å². The fourth-order valence-electron chi connectivity index (χ4n) is 9.70. The molecule has 0 unspecified atom stereocenters. The molecular formula is C54H52ClF2N7O8S. The molecule has 3 aromatic heterocycles. The number of rotatable bonds is 17. The lowest BCUT2D eigenvalue weighted by molar-refractivity contribution is -0.286. The Labute approximate surface area is 428 Å². The molecule has 0 atom stereocenters. The Hall–Kier alpha value is -7.02. The van der Waals surface area contributed by atoms with E-state index in [1.165, 1.54) is 28.4 Å². The van der Waals surface area contributed by atoms with Crippen LogP contribution in [0.1, 0.15) is 83.3 Å². The Bertz CT molecular complexity index is 3160. The molecule has 15 nitrogen and oxygen atoms in total. The molecular weight excluding hydrogens is 980 g/mol. The first-order valence-corrected chi connectivity index (χ1v) is 25.6. The Morgan fingerprint density at radius 3 is 2.44 bits per heavy atom. The zero-order valence-electron chi connectivity index (χ0n) is 40.2. The zero-order valence-corrected chi connectivity index (χ0v) is 41.7. The van der Waals surface area contributed by atoms with Crippen molar-refractivity contribution in [2.45, 2.75) is 89.6 Å². The minimum absolute atomic E-state index is 0.0108. The largest absolute Gasteiger partial charge is 0.586 e. The van der Waals surface area contributed by atoms with E-state index < -0.39 is 11.7 Å². The molecule has 0 spiro atoms. The van der Waals surface area contributed by atoms with E-state index in [0.717, 1.165) is 82.0 Å².